The van der Waals surface area contributed by atoms with Gasteiger partial charge in [-0.05, 0) is 60.9 Å². The first-order valence-corrected chi connectivity index (χ1v) is 12.5. The van der Waals surface area contributed by atoms with Gasteiger partial charge in [0.15, 0.2) is 0 Å². The molecule has 5 unspecified atom stereocenters. The van der Waals surface area contributed by atoms with E-state index in [2.05, 4.69) is 28.7 Å². The molecule has 1 saturated carbocycles. The number of benzene rings is 1. The molecule has 6 atom stereocenters. The lowest BCUT2D eigenvalue weighted by atomic mass is 9.41. The summed E-state index contributed by atoms with van der Waals surface area (Å²) >= 11 is 2.11. The summed E-state index contributed by atoms with van der Waals surface area (Å²) < 4.78 is 38.8. The first-order valence-electron chi connectivity index (χ1n) is 10.0. The number of ether oxygens (including phenoxy) is 1. The zero-order chi connectivity index (χ0) is 21.9. The first-order chi connectivity index (χ1) is 13.9. The van der Waals surface area contributed by atoms with Crippen molar-refractivity contribution >= 4 is 32.7 Å². The predicted octanol–water partition coefficient (Wildman–Crippen LogP) is 3.42. The minimum atomic E-state index is -4.14. The summed E-state index contributed by atoms with van der Waals surface area (Å²) in [5, 5.41) is 23.1. The van der Waals surface area contributed by atoms with E-state index in [9.17, 15) is 18.6 Å². The first kappa shape index (κ1) is 20.9. The van der Waals surface area contributed by atoms with Crippen LogP contribution in [0.2, 0.25) is 0 Å². The Bertz CT molecular complexity index is 1120. The van der Waals surface area contributed by atoms with Gasteiger partial charge in [0, 0.05) is 8.99 Å². The Hall–Kier alpha value is -0.940. The van der Waals surface area contributed by atoms with Crippen LogP contribution in [0.5, 0.6) is 0 Å². The molecule has 8 heteroatoms. The fourth-order valence-corrected chi connectivity index (χ4v) is 9.17. The zero-order valence-corrected chi connectivity index (χ0v) is 20.2. The van der Waals surface area contributed by atoms with Crippen molar-refractivity contribution in [2.24, 2.45) is 22.2 Å². The van der Waals surface area contributed by atoms with E-state index in [1.165, 1.54) is 12.1 Å². The Morgan fingerprint density at radius 1 is 1.23 bits per heavy atom. The molecule has 0 radical (unpaired) electrons. The molecule has 2 fully saturated rings. The lowest BCUT2D eigenvalue weighted by Gasteiger charge is -2.65. The van der Waals surface area contributed by atoms with Gasteiger partial charge in [-0.15, -0.1) is 0 Å². The van der Waals surface area contributed by atoms with Gasteiger partial charge in [0.2, 0.25) is 5.79 Å². The number of halogens is 1. The minimum Gasteiger partial charge on any atom is -0.386 e. The van der Waals surface area contributed by atoms with Gasteiger partial charge in [0.05, 0.1) is 17.4 Å². The van der Waals surface area contributed by atoms with Crippen LogP contribution in [-0.2, 0) is 19.0 Å². The normalized spacial score (nSPS) is 44.3. The van der Waals surface area contributed by atoms with E-state index in [4.69, 9.17) is 8.92 Å². The SMILES string of the molecule is Cc1ccc(S(=O)(=O)OC2=C(I)[C@]34C(=CCC3C)C3(C)COC(O)(C4O)C23C)cc1. The van der Waals surface area contributed by atoms with Crippen LogP contribution in [0.15, 0.2) is 50.1 Å². The highest BCUT2D eigenvalue weighted by atomic mass is 127. The van der Waals surface area contributed by atoms with Crippen molar-refractivity contribution in [2.75, 3.05) is 6.61 Å². The van der Waals surface area contributed by atoms with E-state index in [1.807, 2.05) is 20.8 Å². The lowest BCUT2D eigenvalue weighted by molar-refractivity contribution is -0.310. The Morgan fingerprint density at radius 2 is 1.87 bits per heavy atom. The molecule has 1 aliphatic heterocycles. The molecule has 1 aromatic carbocycles. The summed E-state index contributed by atoms with van der Waals surface area (Å²) in [7, 11) is -4.14. The average Bonchev–Trinajstić information content (AvgIpc) is 3.12. The lowest BCUT2D eigenvalue weighted by Crippen LogP contribution is -2.73. The van der Waals surface area contributed by atoms with Crippen LogP contribution in [0.25, 0.3) is 0 Å². The topological polar surface area (TPSA) is 93.1 Å². The molecule has 4 aliphatic carbocycles. The second kappa shape index (κ2) is 5.89. The van der Waals surface area contributed by atoms with Crippen LogP contribution < -0.4 is 0 Å². The summed E-state index contributed by atoms with van der Waals surface area (Å²) in [6, 6.07) is 6.46. The molecule has 0 aromatic heterocycles. The van der Waals surface area contributed by atoms with Crippen LogP contribution in [0.3, 0.4) is 0 Å². The number of rotatable bonds is 3. The van der Waals surface area contributed by atoms with Crippen molar-refractivity contribution in [1.29, 1.82) is 0 Å². The number of allylic oxidation sites excluding steroid dienone is 1. The van der Waals surface area contributed by atoms with E-state index in [1.54, 1.807) is 19.1 Å². The summed E-state index contributed by atoms with van der Waals surface area (Å²) in [5.74, 6) is -1.79. The number of aliphatic hydroxyl groups is 2. The van der Waals surface area contributed by atoms with Gasteiger partial charge in [0.25, 0.3) is 0 Å². The molecule has 0 amide bonds. The number of hydrogen-bond donors (Lipinski definition) is 2. The van der Waals surface area contributed by atoms with Gasteiger partial charge in [-0.25, -0.2) is 0 Å². The standard InChI is InChI=1S/C22H25IO6S/c1-12-5-8-14(9-6-12)30(26,27)29-17-16(23)21-13(2)7-10-15(21)19(3)11-28-22(25,18(21)24)20(17,19)4/h5-6,8-10,13,18,24-25H,7,11H2,1-4H3/t13?,18?,19?,20?,21-,22?/m1/s1. The van der Waals surface area contributed by atoms with Crippen LogP contribution >= 0.6 is 22.6 Å². The van der Waals surface area contributed by atoms with E-state index < -0.39 is 38.3 Å². The van der Waals surface area contributed by atoms with Crippen molar-refractivity contribution in [3.8, 4) is 0 Å². The van der Waals surface area contributed by atoms with Crippen LogP contribution in [0, 0.1) is 29.1 Å². The molecule has 1 spiro atoms. The summed E-state index contributed by atoms with van der Waals surface area (Å²) in [6.07, 6.45) is 1.65. The second-order valence-corrected chi connectivity index (χ2v) is 12.1. The van der Waals surface area contributed by atoms with Crippen molar-refractivity contribution in [2.45, 2.75) is 50.9 Å². The highest BCUT2D eigenvalue weighted by Gasteiger charge is 2.85. The third-order valence-corrected chi connectivity index (χ3v) is 10.8. The highest BCUT2D eigenvalue weighted by Crippen LogP contribution is 2.80. The molecule has 2 N–H and O–H groups in total. The number of hydrogen-bond acceptors (Lipinski definition) is 6. The third-order valence-electron chi connectivity index (χ3n) is 8.22. The van der Waals surface area contributed by atoms with Crippen LogP contribution in [0.1, 0.15) is 32.8 Å². The predicted molar refractivity (Wildman–Crippen MR) is 118 cm³/mol. The average molecular weight is 544 g/mol. The Morgan fingerprint density at radius 3 is 2.50 bits per heavy atom. The molecular formula is C22H25IO6S. The molecule has 4 bridgehead atoms. The molecular weight excluding hydrogens is 519 g/mol. The molecule has 5 aliphatic rings. The maximum Gasteiger partial charge on any atom is 0.338 e. The van der Waals surface area contributed by atoms with Gasteiger partial charge >= 0.3 is 10.1 Å². The molecule has 30 heavy (non-hydrogen) atoms. The van der Waals surface area contributed by atoms with E-state index in [-0.39, 0.29) is 23.2 Å². The van der Waals surface area contributed by atoms with E-state index in [0.29, 0.717) is 3.58 Å². The highest BCUT2D eigenvalue weighted by molar-refractivity contribution is 14.1. The summed E-state index contributed by atoms with van der Waals surface area (Å²) in [4.78, 5) is 0.0496. The largest absolute Gasteiger partial charge is 0.386 e. The maximum absolute atomic E-state index is 13.2. The fourth-order valence-electron chi connectivity index (χ4n) is 6.22. The molecule has 6 rings (SSSR count). The van der Waals surface area contributed by atoms with Crippen LogP contribution in [-0.4, -0.2) is 37.1 Å². The molecule has 162 valence electrons. The van der Waals surface area contributed by atoms with Gasteiger partial charge < -0.3 is 19.1 Å². The minimum absolute atomic E-state index is 0.0347. The van der Waals surface area contributed by atoms with Crippen molar-refractivity contribution in [3.05, 3.63) is 50.8 Å². The van der Waals surface area contributed by atoms with Gasteiger partial charge in [-0.1, -0.05) is 43.2 Å². The fraction of sp³-hybridized carbons (Fsp3) is 0.545. The van der Waals surface area contributed by atoms with E-state index in [0.717, 1.165) is 17.6 Å². The van der Waals surface area contributed by atoms with Crippen molar-refractivity contribution < 1.29 is 27.6 Å². The molecule has 6 nitrogen and oxygen atoms in total. The van der Waals surface area contributed by atoms with Gasteiger partial charge in [0.1, 0.15) is 16.8 Å². The smallest absolute Gasteiger partial charge is 0.338 e. The second-order valence-electron chi connectivity index (χ2n) is 9.46. The Kier molecular flexibility index (Phi) is 4.11. The van der Waals surface area contributed by atoms with E-state index >= 15 is 0 Å². The zero-order valence-electron chi connectivity index (χ0n) is 17.3. The quantitative estimate of drug-likeness (QED) is 0.344. The Balaban J connectivity index is 1.76. The number of aryl methyl sites for hydroxylation is 1. The molecule has 1 aromatic rings. The van der Waals surface area contributed by atoms with Gasteiger partial charge in [-0.2, -0.15) is 8.42 Å². The summed E-state index contributed by atoms with van der Waals surface area (Å²) in [5.41, 5.74) is -0.916. The summed E-state index contributed by atoms with van der Waals surface area (Å²) in [6.45, 7) is 7.79. The Labute approximate surface area is 190 Å². The van der Waals surface area contributed by atoms with Crippen molar-refractivity contribution in [3.63, 3.8) is 0 Å². The third kappa shape index (κ3) is 1.99. The number of aliphatic hydroxyl groups excluding tert-OH is 1. The molecule has 1 saturated heterocycles. The van der Waals surface area contributed by atoms with Crippen molar-refractivity contribution in [1.82, 2.24) is 0 Å². The van der Waals surface area contributed by atoms with Crippen LogP contribution in [0.4, 0.5) is 0 Å². The maximum atomic E-state index is 13.2. The monoisotopic (exact) mass is 544 g/mol. The van der Waals surface area contributed by atoms with Gasteiger partial charge in [-0.3, -0.25) is 0 Å². The molecule has 1 heterocycles.